The van der Waals surface area contributed by atoms with Gasteiger partial charge in [-0.15, -0.1) is 0 Å². The quantitative estimate of drug-likeness (QED) is 0.848. The molecule has 0 aliphatic carbocycles. The lowest BCUT2D eigenvalue weighted by Crippen LogP contribution is -2.13. The fraction of sp³-hybridized carbons (Fsp3) is 0.417. The Morgan fingerprint density at radius 3 is 3.06 bits per heavy atom. The van der Waals surface area contributed by atoms with Gasteiger partial charge in [0.05, 0.1) is 13.2 Å². The van der Waals surface area contributed by atoms with Gasteiger partial charge in [0.15, 0.2) is 0 Å². The molecule has 1 aliphatic rings. The molecule has 0 saturated carbocycles. The number of aliphatic hydroxyl groups excluding tert-OH is 1. The molecule has 0 fully saturated rings. The van der Waals surface area contributed by atoms with Gasteiger partial charge in [0.2, 0.25) is 0 Å². The van der Waals surface area contributed by atoms with Crippen molar-refractivity contribution in [2.24, 2.45) is 0 Å². The summed E-state index contributed by atoms with van der Waals surface area (Å²) in [6, 6.07) is 3.42. The maximum atomic E-state index is 10.3. The molecule has 1 heterocycles. The van der Waals surface area contributed by atoms with E-state index in [4.69, 9.17) is 26.2 Å². The second-order valence-corrected chi connectivity index (χ2v) is 4.44. The Labute approximate surface area is 109 Å². The summed E-state index contributed by atoms with van der Waals surface area (Å²) in [6.45, 7) is 0.00843. The normalized spacial score (nSPS) is 15.0. The van der Waals surface area contributed by atoms with E-state index in [9.17, 15) is 9.90 Å². The number of carbonyl (C=O) groups is 1. The molecule has 0 amide bonds. The third-order valence-electron chi connectivity index (χ3n) is 2.64. The van der Waals surface area contributed by atoms with Gasteiger partial charge in [0, 0.05) is 17.0 Å². The number of carboxylic acid groups (broad SMARTS) is 1. The minimum Gasteiger partial charge on any atom is -0.493 e. The van der Waals surface area contributed by atoms with Crippen LogP contribution in [0.4, 0.5) is 0 Å². The van der Waals surface area contributed by atoms with Crippen molar-refractivity contribution < 1.29 is 24.5 Å². The summed E-state index contributed by atoms with van der Waals surface area (Å²) in [7, 11) is 0. The zero-order chi connectivity index (χ0) is 13.1. The van der Waals surface area contributed by atoms with Crippen molar-refractivity contribution in [3.05, 3.63) is 28.3 Å². The largest absolute Gasteiger partial charge is 0.493 e. The van der Waals surface area contributed by atoms with Crippen LogP contribution in [0.3, 0.4) is 0 Å². The van der Waals surface area contributed by atoms with Crippen molar-refractivity contribution in [3.63, 3.8) is 0 Å². The Hall–Kier alpha value is -1.30. The van der Waals surface area contributed by atoms with Gasteiger partial charge >= 0.3 is 5.97 Å². The van der Waals surface area contributed by atoms with Crippen LogP contribution in [0.15, 0.2) is 12.1 Å². The van der Waals surface area contributed by atoms with Gasteiger partial charge in [-0.25, -0.2) is 4.79 Å². The summed E-state index contributed by atoms with van der Waals surface area (Å²) in [5, 5.41) is 18.9. The Morgan fingerprint density at radius 1 is 1.56 bits per heavy atom. The van der Waals surface area contributed by atoms with Gasteiger partial charge in [-0.2, -0.15) is 0 Å². The predicted molar refractivity (Wildman–Crippen MR) is 64.1 cm³/mol. The molecule has 98 valence electrons. The molecule has 2 N–H and O–H groups in total. The van der Waals surface area contributed by atoms with Gasteiger partial charge in [-0.05, 0) is 17.7 Å². The van der Waals surface area contributed by atoms with Crippen molar-refractivity contribution in [3.8, 4) is 5.75 Å². The van der Waals surface area contributed by atoms with Crippen molar-refractivity contribution in [1.82, 2.24) is 0 Å². The molecule has 2 rings (SSSR count). The van der Waals surface area contributed by atoms with Gasteiger partial charge in [-0.1, -0.05) is 11.6 Å². The number of hydrogen-bond acceptors (Lipinski definition) is 4. The molecule has 1 aliphatic heterocycles. The highest BCUT2D eigenvalue weighted by Gasteiger charge is 2.22. The van der Waals surface area contributed by atoms with Crippen LogP contribution in [0.25, 0.3) is 0 Å². The molecule has 1 atom stereocenters. The summed E-state index contributed by atoms with van der Waals surface area (Å²) in [5.74, 6) is -0.444. The van der Waals surface area contributed by atoms with Crippen molar-refractivity contribution in [1.29, 1.82) is 0 Å². The van der Waals surface area contributed by atoms with E-state index in [-0.39, 0.29) is 6.61 Å². The summed E-state index contributed by atoms with van der Waals surface area (Å²) >= 11 is 5.96. The third-order valence-corrected chi connectivity index (χ3v) is 2.86. The lowest BCUT2D eigenvalue weighted by atomic mass is 10.0. The second-order valence-electron chi connectivity index (χ2n) is 4.01. The number of halogens is 1. The van der Waals surface area contributed by atoms with E-state index in [1.54, 1.807) is 12.1 Å². The molecule has 1 aromatic rings. The van der Waals surface area contributed by atoms with E-state index in [1.165, 1.54) is 0 Å². The van der Waals surface area contributed by atoms with E-state index in [0.29, 0.717) is 22.9 Å². The molecule has 1 unspecified atom stereocenters. The maximum Gasteiger partial charge on any atom is 0.329 e. The van der Waals surface area contributed by atoms with Crippen molar-refractivity contribution in [2.45, 2.75) is 12.5 Å². The lowest BCUT2D eigenvalue weighted by Gasteiger charge is -2.15. The van der Waals surface area contributed by atoms with Crippen LogP contribution in [0.2, 0.25) is 5.02 Å². The SMILES string of the molecule is O=C(O)COCC(O)c1cc(Cl)cc2c1OCC2. The number of hydrogen-bond donors (Lipinski definition) is 2. The van der Waals surface area contributed by atoms with Gasteiger partial charge < -0.3 is 19.7 Å². The molecule has 0 radical (unpaired) electrons. The first kappa shape index (κ1) is 13.1. The standard InChI is InChI=1S/C12H13ClO5/c13-8-3-7-1-2-18-12(7)9(4-8)10(14)5-17-6-11(15)16/h3-4,10,14H,1-2,5-6H2,(H,15,16). The fourth-order valence-corrected chi connectivity index (χ4v) is 2.14. The van der Waals surface area contributed by atoms with E-state index < -0.39 is 18.7 Å². The molecule has 1 aromatic carbocycles. The molecule has 5 nitrogen and oxygen atoms in total. The van der Waals surface area contributed by atoms with Crippen LogP contribution < -0.4 is 4.74 Å². The average molecular weight is 273 g/mol. The van der Waals surface area contributed by atoms with E-state index in [0.717, 1.165) is 12.0 Å². The predicted octanol–water partition coefficient (Wildman–Crippen LogP) is 1.41. The Morgan fingerprint density at radius 2 is 2.33 bits per heavy atom. The minimum absolute atomic E-state index is 0.109. The Bertz CT molecular complexity index is 460. The summed E-state index contributed by atoms with van der Waals surface area (Å²) in [6.07, 6.45) is -0.194. The maximum absolute atomic E-state index is 10.3. The molecule has 6 heteroatoms. The third kappa shape index (κ3) is 2.93. The number of fused-ring (bicyclic) bond motifs is 1. The van der Waals surface area contributed by atoms with Crippen LogP contribution in [-0.4, -0.2) is 36.0 Å². The highest BCUT2D eigenvalue weighted by atomic mass is 35.5. The van der Waals surface area contributed by atoms with E-state index in [1.807, 2.05) is 0 Å². The van der Waals surface area contributed by atoms with Crippen LogP contribution in [0, 0.1) is 0 Å². The molecule has 0 bridgehead atoms. The number of rotatable bonds is 5. The number of carboxylic acids is 1. The molecule has 18 heavy (non-hydrogen) atoms. The Kier molecular flexibility index (Phi) is 4.06. The first-order valence-corrected chi connectivity index (χ1v) is 5.88. The highest BCUT2D eigenvalue weighted by Crippen LogP contribution is 2.36. The number of benzene rings is 1. The fourth-order valence-electron chi connectivity index (χ4n) is 1.89. The van der Waals surface area contributed by atoms with E-state index in [2.05, 4.69) is 0 Å². The van der Waals surface area contributed by atoms with Crippen LogP contribution in [-0.2, 0) is 16.0 Å². The van der Waals surface area contributed by atoms with Gasteiger partial charge in [0.25, 0.3) is 0 Å². The topological polar surface area (TPSA) is 76.0 Å². The van der Waals surface area contributed by atoms with Crippen LogP contribution in [0.1, 0.15) is 17.2 Å². The van der Waals surface area contributed by atoms with Gasteiger partial charge in [0.1, 0.15) is 18.5 Å². The summed E-state index contributed by atoms with van der Waals surface area (Å²) < 4.78 is 10.3. The average Bonchev–Trinajstić information content (AvgIpc) is 2.74. The lowest BCUT2D eigenvalue weighted by molar-refractivity contribution is -0.143. The molecular formula is C12H13ClO5. The van der Waals surface area contributed by atoms with Crippen LogP contribution >= 0.6 is 11.6 Å². The first-order chi connectivity index (χ1) is 8.58. The van der Waals surface area contributed by atoms with Crippen molar-refractivity contribution in [2.75, 3.05) is 19.8 Å². The van der Waals surface area contributed by atoms with Crippen molar-refractivity contribution >= 4 is 17.6 Å². The highest BCUT2D eigenvalue weighted by molar-refractivity contribution is 6.30. The molecular weight excluding hydrogens is 260 g/mol. The number of ether oxygens (including phenoxy) is 2. The molecule has 0 spiro atoms. The molecule has 0 aromatic heterocycles. The monoisotopic (exact) mass is 272 g/mol. The number of aliphatic hydroxyl groups is 1. The summed E-state index contributed by atoms with van der Waals surface area (Å²) in [5.41, 5.74) is 1.50. The zero-order valence-electron chi connectivity index (χ0n) is 9.56. The first-order valence-electron chi connectivity index (χ1n) is 5.50. The Balaban J connectivity index is 2.10. The zero-order valence-corrected chi connectivity index (χ0v) is 10.3. The van der Waals surface area contributed by atoms with Gasteiger partial charge in [-0.3, -0.25) is 0 Å². The second kappa shape index (κ2) is 5.56. The molecule has 0 saturated heterocycles. The smallest absolute Gasteiger partial charge is 0.329 e. The van der Waals surface area contributed by atoms with E-state index >= 15 is 0 Å². The van der Waals surface area contributed by atoms with Crippen LogP contribution in [0.5, 0.6) is 5.75 Å². The number of aliphatic carboxylic acids is 1. The minimum atomic E-state index is -1.07. The summed E-state index contributed by atoms with van der Waals surface area (Å²) in [4.78, 5) is 10.3.